The SMILES string of the molecule is Clc1ccc2c(c1)c1cccc3c1c2c1cccc2c4ccc(Cl)cc4c3c21. The summed E-state index contributed by atoms with van der Waals surface area (Å²) in [6.45, 7) is 0. The highest BCUT2D eigenvalue weighted by Gasteiger charge is 2.21. The summed E-state index contributed by atoms with van der Waals surface area (Å²) in [6, 6.07) is 25.8. The van der Waals surface area contributed by atoms with Gasteiger partial charge in [0.15, 0.2) is 0 Å². The van der Waals surface area contributed by atoms with E-state index in [1.165, 1.54) is 64.6 Å². The molecule has 0 aliphatic heterocycles. The van der Waals surface area contributed by atoms with E-state index < -0.39 is 0 Å². The molecule has 0 nitrogen and oxygen atoms in total. The molecule has 0 aliphatic carbocycles. The van der Waals surface area contributed by atoms with Crippen molar-refractivity contribution in [2.24, 2.45) is 0 Å². The maximum absolute atomic E-state index is 6.40. The van der Waals surface area contributed by atoms with E-state index in [1.807, 2.05) is 12.1 Å². The van der Waals surface area contributed by atoms with Gasteiger partial charge >= 0.3 is 0 Å². The lowest BCUT2D eigenvalue weighted by Gasteiger charge is -2.07. The van der Waals surface area contributed by atoms with Crippen LogP contribution < -0.4 is 0 Å². The van der Waals surface area contributed by atoms with Crippen molar-refractivity contribution in [3.8, 4) is 0 Å². The molecule has 0 saturated heterocycles. The number of halogens is 2. The molecule has 0 aromatic heterocycles. The molecule has 7 rings (SSSR count). The molecule has 2 heteroatoms. The highest BCUT2D eigenvalue weighted by Crippen LogP contribution is 2.50. The van der Waals surface area contributed by atoms with Gasteiger partial charge in [0.25, 0.3) is 0 Å². The van der Waals surface area contributed by atoms with Crippen LogP contribution in [0.15, 0.2) is 72.8 Å². The summed E-state index contributed by atoms with van der Waals surface area (Å²) >= 11 is 12.8. The molecule has 7 aromatic rings. The van der Waals surface area contributed by atoms with Crippen LogP contribution in [0.2, 0.25) is 10.0 Å². The van der Waals surface area contributed by atoms with E-state index in [-0.39, 0.29) is 0 Å². The van der Waals surface area contributed by atoms with Gasteiger partial charge in [0, 0.05) is 10.0 Å². The largest absolute Gasteiger partial charge is 0.0843 e. The fraction of sp³-hybridized carbons (Fsp3) is 0. The molecule has 0 saturated carbocycles. The smallest absolute Gasteiger partial charge is 0.0412 e. The fourth-order valence-corrected chi connectivity index (χ4v) is 5.60. The van der Waals surface area contributed by atoms with Crippen molar-refractivity contribution < 1.29 is 0 Å². The lowest BCUT2D eigenvalue weighted by Crippen LogP contribution is -1.79. The quantitative estimate of drug-likeness (QED) is 0.225. The number of benzene rings is 5. The zero-order valence-electron chi connectivity index (χ0n) is 14.7. The first-order valence-corrected chi connectivity index (χ1v) is 10.1. The van der Waals surface area contributed by atoms with E-state index in [0.29, 0.717) is 0 Å². The van der Waals surface area contributed by atoms with Crippen molar-refractivity contribution in [2.45, 2.75) is 0 Å². The van der Waals surface area contributed by atoms with E-state index in [1.54, 1.807) is 0 Å². The summed E-state index contributed by atoms with van der Waals surface area (Å²) in [5.41, 5.74) is 0. The third-order valence-electron chi connectivity index (χ3n) is 6.25. The van der Waals surface area contributed by atoms with Crippen LogP contribution in [-0.4, -0.2) is 0 Å². The molecule has 0 fully saturated rings. The molecular formula is C26H12Cl2. The maximum atomic E-state index is 6.40. The predicted molar refractivity (Wildman–Crippen MR) is 124 cm³/mol. The Kier molecular flexibility index (Phi) is 2.69. The van der Waals surface area contributed by atoms with Crippen LogP contribution in [0.25, 0.3) is 64.6 Å². The van der Waals surface area contributed by atoms with Gasteiger partial charge in [-0.05, 0) is 88.9 Å². The van der Waals surface area contributed by atoms with E-state index in [9.17, 15) is 0 Å². The summed E-state index contributed by atoms with van der Waals surface area (Å²) in [6.07, 6.45) is 0. The molecule has 0 spiro atoms. The zero-order valence-corrected chi connectivity index (χ0v) is 16.2. The van der Waals surface area contributed by atoms with E-state index in [0.717, 1.165) is 10.0 Å². The summed E-state index contributed by atoms with van der Waals surface area (Å²) in [5, 5.41) is 17.0. The van der Waals surface area contributed by atoms with Crippen LogP contribution in [0.4, 0.5) is 0 Å². The molecule has 130 valence electrons. The Morgan fingerprint density at radius 1 is 0.357 bits per heavy atom. The Morgan fingerprint density at radius 3 is 1.43 bits per heavy atom. The molecule has 0 aliphatic rings. The number of fused-ring (bicyclic) bond motifs is 8. The van der Waals surface area contributed by atoms with Crippen LogP contribution >= 0.6 is 23.2 Å². The topological polar surface area (TPSA) is 0 Å². The monoisotopic (exact) mass is 394 g/mol. The molecule has 0 N–H and O–H groups in total. The van der Waals surface area contributed by atoms with Crippen LogP contribution in [-0.2, 0) is 0 Å². The zero-order chi connectivity index (χ0) is 18.6. The second-order valence-electron chi connectivity index (χ2n) is 7.59. The van der Waals surface area contributed by atoms with Crippen LogP contribution in [0, 0.1) is 0 Å². The molecule has 0 bridgehead atoms. The first-order chi connectivity index (χ1) is 13.7. The molecule has 0 atom stereocenters. The standard InChI is InChI=1S/C26H12Cl2/c27-13-8-10-18-21(11-13)17-4-2-6-20-24(17)25(18)19-5-1-3-16-15-9-7-14(28)12-22(15)26(20)23(16)19/h1-12H. The van der Waals surface area contributed by atoms with Crippen LogP contribution in [0.1, 0.15) is 0 Å². The molecule has 0 unspecified atom stereocenters. The Labute approximate surface area is 170 Å². The van der Waals surface area contributed by atoms with E-state index >= 15 is 0 Å². The first kappa shape index (κ1) is 15.2. The summed E-state index contributed by atoms with van der Waals surface area (Å²) in [5.74, 6) is 0. The summed E-state index contributed by atoms with van der Waals surface area (Å²) < 4.78 is 0. The van der Waals surface area contributed by atoms with Gasteiger partial charge in [-0.2, -0.15) is 0 Å². The number of hydrogen-bond acceptors (Lipinski definition) is 0. The predicted octanol–water partition coefficient (Wildman–Crippen LogP) is 8.79. The van der Waals surface area contributed by atoms with Crippen LogP contribution in [0.5, 0.6) is 0 Å². The van der Waals surface area contributed by atoms with Gasteiger partial charge in [-0.25, -0.2) is 0 Å². The molecule has 28 heavy (non-hydrogen) atoms. The second kappa shape index (κ2) is 4.97. The average molecular weight is 395 g/mol. The lowest BCUT2D eigenvalue weighted by molar-refractivity contribution is 1.84. The second-order valence-corrected chi connectivity index (χ2v) is 8.46. The third kappa shape index (κ3) is 1.65. The first-order valence-electron chi connectivity index (χ1n) is 9.34. The highest BCUT2D eigenvalue weighted by atomic mass is 35.5. The van der Waals surface area contributed by atoms with Gasteiger partial charge in [-0.15, -0.1) is 0 Å². The van der Waals surface area contributed by atoms with Crippen molar-refractivity contribution in [3.05, 3.63) is 82.8 Å². The van der Waals surface area contributed by atoms with Gasteiger partial charge in [-0.3, -0.25) is 0 Å². The van der Waals surface area contributed by atoms with Crippen molar-refractivity contribution >= 4 is 87.8 Å². The third-order valence-corrected chi connectivity index (χ3v) is 6.72. The van der Waals surface area contributed by atoms with Gasteiger partial charge in [0.1, 0.15) is 0 Å². The Hall–Kier alpha value is -2.80. The van der Waals surface area contributed by atoms with Gasteiger partial charge in [-0.1, -0.05) is 71.7 Å². The fourth-order valence-electron chi connectivity index (χ4n) is 5.25. The molecule has 0 radical (unpaired) electrons. The highest BCUT2D eigenvalue weighted by molar-refractivity contribution is 6.48. The van der Waals surface area contributed by atoms with Crippen LogP contribution in [0.3, 0.4) is 0 Å². The Balaban J connectivity index is 1.96. The summed E-state index contributed by atoms with van der Waals surface area (Å²) in [7, 11) is 0. The van der Waals surface area contributed by atoms with Crippen molar-refractivity contribution in [2.75, 3.05) is 0 Å². The number of hydrogen-bond donors (Lipinski definition) is 0. The minimum absolute atomic E-state index is 0.776. The minimum atomic E-state index is 0.776. The molecule has 0 heterocycles. The lowest BCUT2D eigenvalue weighted by atomic mass is 9.95. The Bertz CT molecular complexity index is 1730. The molecule has 7 aromatic carbocycles. The summed E-state index contributed by atoms with van der Waals surface area (Å²) in [4.78, 5) is 0. The minimum Gasteiger partial charge on any atom is -0.0843 e. The van der Waals surface area contributed by atoms with E-state index in [4.69, 9.17) is 23.2 Å². The average Bonchev–Trinajstić information content (AvgIpc) is 3.20. The van der Waals surface area contributed by atoms with Gasteiger partial charge < -0.3 is 0 Å². The molecule has 0 amide bonds. The molecular weight excluding hydrogens is 383 g/mol. The maximum Gasteiger partial charge on any atom is 0.0412 e. The van der Waals surface area contributed by atoms with Crippen molar-refractivity contribution in [3.63, 3.8) is 0 Å². The van der Waals surface area contributed by atoms with Crippen molar-refractivity contribution in [1.82, 2.24) is 0 Å². The van der Waals surface area contributed by atoms with E-state index in [2.05, 4.69) is 60.7 Å². The van der Waals surface area contributed by atoms with Gasteiger partial charge in [0.2, 0.25) is 0 Å². The Morgan fingerprint density at radius 2 is 0.786 bits per heavy atom. The van der Waals surface area contributed by atoms with Gasteiger partial charge in [0.05, 0.1) is 0 Å². The number of rotatable bonds is 0. The van der Waals surface area contributed by atoms with Crippen molar-refractivity contribution in [1.29, 1.82) is 0 Å². The normalized spacial score (nSPS) is 12.6.